The molecule has 0 radical (unpaired) electrons. The van der Waals surface area contributed by atoms with Crippen LogP contribution in [0.5, 0.6) is 0 Å². The van der Waals surface area contributed by atoms with Crippen LogP contribution < -0.4 is 0 Å². The molecule has 15 nitrogen and oxygen atoms in total. The Labute approximate surface area is 244 Å². The van der Waals surface area contributed by atoms with E-state index >= 15 is 0 Å². The average molecular weight is 609 g/mol. The molecule has 0 saturated carbocycles. The molecule has 0 spiro atoms. The highest BCUT2D eigenvalue weighted by molar-refractivity contribution is 5.87. The molecule has 15 heteroatoms. The minimum absolute atomic E-state index is 0.0998. The third-order valence-corrected chi connectivity index (χ3v) is 5.05. The lowest BCUT2D eigenvalue weighted by atomic mass is 10.0. The van der Waals surface area contributed by atoms with Gasteiger partial charge < -0.3 is 59.1 Å². The van der Waals surface area contributed by atoms with Crippen LogP contribution in [0.25, 0.3) is 0 Å². The third kappa shape index (κ3) is 17.3. The van der Waals surface area contributed by atoms with E-state index in [9.17, 15) is 45.0 Å². The van der Waals surface area contributed by atoms with Gasteiger partial charge in [0.15, 0.2) is 0 Å². The summed E-state index contributed by atoms with van der Waals surface area (Å²) in [6, 6.07) is 0. The molecule has 0 amide bonds. The van der Waals surface area contributed by atoms with E-state index in [4.69, 9.17) is 28.4 Å². The van der Waals surface area contributed by atoms with Crippen LogP contribution >= 0.6 is 0 Å². The Morgan fingerprint density at radius 2 is 0.857 bits per heavy atom. The molecule has 7 unspecified atom stereocenters. The summed E-state index contributed by atoms with van der Waals surface area (Å²) in [5.74, 6) is -2.18. The lowest BCUT2D eigenvalue weighted by Crippen LogP contribution is -2.50. The van der Waals surface area contributed by atoms with Gasteiger partial charge >= 0.3 is 17.9 Å². The maximum Gasteiger partial charge on any atom is 0.333 e. The van der Waals surface area contributed by atoms with Crippen LogP contribution in [0.15, 0.2) is 36.5 Å². The van der Waals surface area contributed by atoms with Gasteiger partial charge in [-0.15, -0.1) is 0 Å². The van der Waals surface area contributed by atoms with Crippen LogP contribution in [0.4, 0.5) is 0 Å². The monoisotopic (exact) mass is 608 g/mol. The zero-order chi connectivity index (χ0) is 32.4. The SMILES string of the molecule is C=C(C)C(=O)OCC(O)COCC(O)C(O)C(OCC(O)COC(=O)C(=C)C)C(O)COCC(O)COC(=O)C(=C)C. The molecule has 0 bridgehead atoms. The number of hydrogen-bond donors (Lipinski definition) is 6. The first-order valence-electron chi connectivity index (χ1n) is 12.9. The Balaban J connectivity index is 5.05. The number of esters is 3. The predicted octanol–water partition coefficient (Wildman–Crippen LogP) is -2.07. The highest BCUT2D eigenvalue weighted by Gasteiger charge is 2.34. The maximum atomic E-state index is 11.5. The van der Waals surface area contributed by atoms with Gasteiger partial charge in [0.25, 0.3) is 0 Å². The molecule has 6 N–H and O–H groups in total. The van der Waals surface area contributed by atoms with E-state index in [0.29, 0.717) is 0 Å². The predicted molar refractivity (Wildman–Crippen MR) is 145 cm³/mol. The summed E-state index contributed by atoms with van der Waals surface area (Å²) < 4.78 is 30.2. The number of carbonyl (C=O) groups excluding carboxylic acids is 3. The third-order valence-electron chi connectivity index (χ3n) is 5.05. The summed E-state index contributed by atoms with van der Waals surface area (Å²) in [7, 11) is 0. The second-order valence-corrected chi connectivity index (χ2v) is 9.60. The molecule has 0 aromatic rings. The van der Waals surface area contributed by atoms with Gasteiger partial charge in [-0.2, -0.15) is 0 Å². The van der Waals surface area contributed by atoms with E-state index in [1.165, 1.54) is 20.8 Å². The van der Waals surface area contributed by atoms with E-state index in [1.54, 1.807) is 0 Å². The fourth-order valence-corrected chi connectivity index (χ4v) is 2.75. The quantitative estimate of drug-likeness (QED) is 0.0416. The number of carbonyl (C=O) groups is 3. The summed E-state index contributed by atoms with van der Waals surface area (Å²) in [6.45, 7) is 10.8. The molecule has 0 aliphatic heterocycles. The lowest BCUT2D eigenvalue weighted by molar-refractivity contribution is -0.174. The van der Waals surface area contributed by atoms with E-state index in [0.717, 1.165) is 0 Å². The second kappa shape index (κ2) is 21.0. The van der Waals surface area contributed by atoms with E-state index in [1.807, 2.05) is 0 Å². The summed E-state index contributed by atoms with van der Waals surface area (Å²) in [4.78, 5) is 34.3. The van der Waals surface area contributed by atoms with Gasteiger partial charge in [-0.05, 0) is 20.8 Å². The summed E-state index contributed by atoms with van der Waals surface area (Å²) in [5.41, 5.74) is 0.366. The van der Waals surface area contributed by atoms with Gasteiger partial charge in [0.05, 0.1) is 33.0 Å². The van der Waals surface area contributed by atoms with E-state index in [-0.39, 0.29) is 29.9 Å². The Kier molecular flexibility index (Phi) is 19.7. The zero-order valence-corrected chi connectivity index (χ0v) is 24.2. The van der Waals surface area contributed by atoms with Crippen molar-refractivity contribution in [2.75, 3.05) is 52.9 Å². The van der Waals surface area contributed by atoms with Gasteiger partial charge in [-0.25, -0.2) is 14.4 Å². The van der Waals surface area contributed by atoms with Crippen LogP contribution in [-0.2, 0) is 42.8 Å². The fraction of sp³-hybridized carbons (Fsp3) is 0.667. The van der Waals surface area contributed by atoms with Crippen molar-refractivity contribution in [2.24, 2.45) is 0 Å². The molecule has 0 aliphatic rings. The van der Waals surface area contributed by atoms with Crippen molar-refractivity contribution in [1.82, 2.24) is 0 Å². The Morgan fingerprint density at radius 1 is 0.524 bits per heavy atom. The van der Waals surface area contributed by atoms with Gasteiger partial charge in [-0.3, -0.25) is 0 Å². The highest BCUT2D eigenvalue weighted by Crippen LogP contribution is 2.13. The van der Waals surface area contributed by atoms with Crippen molar-refractivity contribution in [2.45, 2.75) is 63.5 Å². The van der Waals surface area contributed by atoms with Crippen molar-refractivity contribution in [3.63, 3.8) is 0 Å². The van der Waals surface area contributed by atoms with Gasteiger partial charge in [0, 0.05) is 16.7 Å². The molecule has 0 fully saturated rings. The molecule has 42 heavy (non-hydrogen) atoms. The molecular weight excluding hydrogens is 564 g/mol. The normalized spacial score (nSPS) is 16.2. The fourth-order valence-electron chi connectivity index (χ4n) is 2.75. The van der Waals surface area contributed by atoms with Crippen LogP contribution in [0.3, 0.4) is 0 Å². The number of ether oxygens (including phenoxy) is 6. The molecule has 7 atom stereocenters. The van der Waals surface area contributed by atoms with Gasteiger partial charge in [0.2, 0.25) is 0 Å². The molecule has 0 rings (SSSR count). The van der Waals surface area contributed by atoms with Crippen LogP contribution in [-0.4, -0.2) is 144 Å². The average Bonchev–Trinajstić information content (AvgIpc) is 2.92. The Hall–Kier alpha value is -2.73. The van der Waals surface area contributed by atoms with Crippen molar-refractivity contribution in [3.05, 3.63) is 36.5 Å². The van der Waals surface area contributed by atoms with Crippen molar-refractivity contribution in [1.29, 1.82) is 0 Å². The first-order valence-corrected chi connectivity index (χ1v) is 12.9. The minimum Gasteiger partial charge on any atom is -0.460 e. The van der Waals surface area contributed by atoms with Crippen molar-refractivity contribution in [3.8, 4) is 0 Å². The zero-order valence-electron chi connectivity index (χ0n) is 24.2. The number of rotatable bonds is 23. The minimum atomic E-state index is -1.83. The first kappa shape index (κ1) is 39.3. The number of aliphatic hydroxyl groups is 6. The van der Waals surface area contributed by atoms with E-state index in [2.05, 4.69) is 19.7 Å². The second-order valence-electron chi connectivity index (χ2n) is 9.60. The topological polar surface area (TPSA) is 228 Å². The highest BCUT2D eigenvalue weighted by atomic mass is 16.6. The maximum absolute atomic E-state index is 11.5. The molecule has 0 aliphatic carbocycles. The molecular formula is C27H44O15. The largest absolute Gasteiger partial charge is 0.460 e. The summed E-state index contributed by atoms with van der Waals surface area (Å²) in [6.07, 6.45) is -10.6. The molecule has 242 valence electrons. The molecule has 0 heterocycles. The Bertz CT molecular complexity index is 889. The molecule has 0 aromatic heterocycles. The van der Waals surface area contributed by atoms with Crippen LogP contribution in [0.1, 0.15) is 20.8 Å². The van der Waals surface area contributed by atoms with Crippen LogP contribution in [0, 0.1) is 0 Å². The summed E-state index contributed by atoms with van der Waals surface area (Å²) >= 11 is 0. The van der Waals surface area contributed by atoms with E-state index < -0.39 is 100 Å². The van der Waals surface area contributed by atoms with Crippen molar-refractivity contribution >= 4 is 17.9 Å². The first-order chi connectivity index (χ1) is 19.6. The van der Waals surface area contributed by atoms with Gasteiger partial charge in [-0.1, -0.05) is 19.7 Å². The number of hydrogen-bond acceptors (Lipinski definition) is 15. The smallest absolute Gasteiger partial charge is 0.333 e. The van der Waals surface area contributed by atoms with Crippen LogP contribution in [0.2, 0.25) is 0 Å². The summed E-state index contributed by atoms with van der Waals surface area (Å²) in [5, 5.41) is 61.5. The van der Waals surface area contributed by atoms with Crippen molar-refractivity contribution < 1.29 is 73.4 Å². The standard InChI is InChI=1S/C27H44O15/c1-15(2)25(34)40-10-18(28)7-37-13-21(31)23(33)24(39-9-20(30)12-42-27(36)17(5)6)22(32)14-38-8-19(29)11-41-26(35)16(3)4/h18-24,28-33H,1,3,5,7-14H2,2,4,6H3. The lowest BCUT2D eigenvalue weighted by Gasteiger charge is -2.31. The molecule has 0 aromatic carbocycles. The number of aliphatic hydroxyl groups excluding tert-OH is 6. The molecule has 0 saturated heterocycles. The Morgan fingerprint density at radius 3 is 1.21 bits per heavy atom. The van der Waals surface area contributed by atoms with Gasteiger partial charge in [0.1, 0.15) is 62.5 Å².